The molecule has 0 nitrogen and oxygen atoms in total. The van der Waals surface area contributed by atoms with E-state index in [4.69, 9.17) is 12.6 Å². The van der Waals surface area contributed by atoms with E-state index < -0.39 is 0 Å². The number of rotatable bonds is 2. The van der Waals surface area contributed by atoms with E-state index in [9.17, 15) is 0 Å². The van der Waals surface area contributed by atoms with Crippen LogP contribution in [0.4, 0.5) is 0 Å². The van der Waals surface area contributed by atoms with Crippen LogP contribution in [0.3, 0.4) is 0 Å². The molecule has 0 aliphatic carbocycles. The molecule has 0 amide bonds. The van der Waals surface area contributed by atoms with E-state index in [-0.39, 0.29) is 5.41 Å². The van der Waals surface area contributed by atoms with Gasteiger partial charge < -0.3 is 0 Å². The summed E-state index contributed by atoms with van der Waals surface area (Å²) in [5, 5.41) is 0. The monoisotopic (exact) mass is 165 g/mol. The van der Waals surface area contributed by atoms with E-state index >= 15 is 0 Å². The zero-order valence-corrected chi connectivity index (χ0v) is 7.82. The second-order valence-electron chi connectivity index (χ2n) is 3.39. The van der Waals surface area contributed by atoms with Crippen molar-refractivity contribution in [3.63, 3.8) is 0 Å². The summed E-state index contributed by atoms with van der Waals surface area (Å²) in [5.41, 5.74) is 1.48. The quantitative estimate of drug-likeness (QED) is 0.631. The van der Waals surface area contributed by atoms with Gasteiger partial charge in [0.25, 0.3) is 0 Å². The van der Waals surface area contributed by atoms with Crippen LogP contribution in [-0.4, -0.2) is 5.75 Å². The van der Waals surface area contributed by atoms with Crippen molar-refractivity contribution in [1.29, 1.82) is 0 Å². The molecule has 1 aromatic carbocycles. The zero-order chi connectivity index (χ0) is 8.32. The van der Waals surface area contributed by atoms with E-state index in [0.717, 1.165) is 5.75 Å². The molecule has 1 heteroatoms. The first-order chi connectivity index (χ1) is 5.17. The average molecular weight is 165 g/mol. The highest BCUT2D eigenvalue weighted by molar-refractivity contribution is 7.80. The van der Waals surface area contributed by atoms with Crippen LogP contribution in [0.5, 0.6) is 0 Å². The van der Waals surface area contributed by atoms with Crippen LogP contribution < -0.4 is 0 Å². The lowest BCUT2D eigenvalue weighted by Crippen LogP contribution is -2.18. The lowest BCUT2D eigenvalue weighted by molar-refractivity contribution is 0.604. The Morgan fingerprint density at radius 1 is 1.18 bits per heavy atom. The van der Waals surface area contributed by atoms with Gasteiger partial charge in [-0.15, -0.1) is 0 Å². The first-order valence-corrected chi connectivity index (χ1v) is 4.38. The van der Waals surface area contributed by atoms with Crippen LogP contribution in [0.1, 0.15) is 19.4 Å². The average Bonchev–Trinajstić information content (AvgIpc) is 2.06. The molecule has 59 valence electrons. The zero-order valence-electron chi connectivity index (χ0n) is 7.00. The van der Waals surface area contributed by atoms with Gasteiger partial charge in [0.05, 0.1) is 0 Å². The SMILES string of the molecule is CC(C)(C[S])c1ccccc1. The summed E-state index contributed by atoms with van der Waals surface area (Å²) in [4.78, 5) is 0. The number of hydrogen-bond acceptors (Lipinski definition) is 0. The third kappa shape index (κ3) is 2.00. The minimum atomic E-state index is 0.149. The second kappa shape index (κ2) is 3.31. The Hall–Kier alpha value is -0.430. The predicted molar refractivity (Wildman–Crippen MR) is 51.9 cm³/mol. The van der Waals surface area contributed by atoms with Gasteiger partial charge in [0.2, 0.25) is 0 Å². The fraction of sp³-hybridized carbons (Fsp3) is 0.400. The second-order valence-corrected chi connectivity index (χ2v) is 3.68. The summed E-state index contributed by atoms with van der Waals surface area (Å²) >= 11 is 5.07. The molecular formula is C10H13S. The molecule has 0 unspecified atom stereocenters. The van der Waals surface area contributed by atoms with Crippen molar-refractivity contribution in [2.75, 3.05) is 5.75 Å². The molecule has 0 atom stereocenters. The van der Waals surface area contributed by atoms with Crippen LogP contribution >= 0.6 is 12.6 Å². The van der Waals surface area contributed by atoms with Crippen LogP contribution in [0, 0.1) is 0 Å². The summed E-state index contributed by atoms with van der Waals surface area (Å²) in [6, 6.07) is 10.4. The van der Waals surface area contributed by atoms with Crippen molar-refractivity contribution in [3.05, 3.63) is 35.9 Å². The number of hydrogen-bond donors (Lipinski definition) is 0. The highest BCUT2D eigenvalue weighted by Gasteiger charge is 2.17. The molecule has 0 aromatic heterocycles. The van der Waals surface area contributed by atoms with Gasteiger partial charge in [-0.2, -0.15) is 0 Å². The van der Waals surface area contributed by atoms with Crippen LogP contribution in [0.25, 0.3) is 0 Å². The summed E-state index contributed by atoms with van der Waals surface area (Å²) < 4.78 is 0. The van der Waals surface area contributed by atoms with Crippen molar-refractivity contribution in [3.8, 4) is 0 Å². The largest absolute Gasteiger partial charge is 0.0932 e. The molecule has 0 spiro atoms. The molecule has 0 heterocycles. The molecule has 1 aromatic rings. The fourth-order valence-corrected chi connectivity index (χ4v) is 1.14. The minimum Gasteiger partial charge on any atom is -0.0932 e. The van der Waals surface area contributed by atoms with Crippen molar-refractivity contribution >= 4 is 12.6 Å². The van der Waals surface area contributed by atoms with Crippen LogP contribution in [0.15, 0.2) is 30.3 Å². The van der Waals surface area contributed by atoms with Crippen LogP contribution in [0.2, 0.25) is 0 Å². The first-order valence-electron chi connectivity index (χ1n) is 3.80. The first kappa shape index (κ1) is 8.66. The van der Waals surface area contributed by atoms with E-state index in [1.54, 1.807) is 0 Å². The van der Waals surface area contributed by atoms with Gasteiger partial charge in [0.1, 0.15) is 0 Å². The highest BCUT2D eigenvalue weighted by Crippen LogP contribution is 2.23. The smallest absolute Gasteiger partial charge is 0.0129 e. The third-order valence-electron chi connectivity index (χ3n) is 1.92. The maximum absolute atomic E-state index is 5.07. The molecule has 0 saturated heterocycles. The Kier molecular flexibility index (Phi) is 2.61. The summed E-state index contributed by atoms with van der Waals surface area (Å²) in [6.45, 7) is 4.35. The minimum absolute atomic E-state index is 0.149. The van der Waals surface area contributed by atoms with Gasteiger partial charge in [-0.3, -0.25) is 0 Å². The topological polar surface area (TPSA) is 0 Å². The van der Waals surface area contributed by atoms with Crippen LogP contribution in [-0.2, 0) is 5.41 Å². The lowest BCUT2D eigenvalue weighted by Gasteiger charge is -2.21. The standard InChI is InChI=1S/C10H13S/c1-10(2,8-11)9-6-4-3-5-7-9/h3-7H,8H2,1-2H3. The van der Waals surface area contributed by atoms with Crippen molar-refractivity contribution < 1.29 is 0 Å². The van der Waals surface area contributed by atoms with Crippen molar-refractivity contribution in [2.24, 2.45) is 0 Å². The predicted octanol–water partition coefficient (Wildman–Crippen LogP) is 3.16. The molecule has 0 fully saturated rings. The van der Waals surface area contributed by atoms with Gasteiger partial charge in [-0.25, -0.2) is 0 Å². The third-order valence-corrected chi connectivity index (χ3v) is 2.64. The Labute approximate surface area is 74.0 Å². The Bertz CT molecular complexity index is 214. The summed E-state index contributed by atoms with van der Waals surface area (Å²) in [5.74, 6) is 0.775. The molecule has 0 N–H and O–H groups in total. The molecule has 0 aliphatic rings. The van der Waals surface area contributed by atoms with Gasteiger partial charge in [-0.05, 0) is 11.0 Å². The highest BCUT2D eigenvalue weighted by atomic mass is 32.1. The van der Waals surface area contributed by atoms with Gasteiger partial charge in [-0.1, -0.05) is 56.8 Å². The molecular weight excluding hydrogens is 152 g/mol. The molecule has 0 aliphatic heterocycles. The molecule has 1 radical (unpaired) electrons. The summed E-state index contributed by atoms with van der Waals surface area (Å²) in [6.07, 6.45) is 0. The molecule has 1 rings (SSSR count). The number of benzene rings is 1. The van der Waals surface area contributed by atoms with Gasteiger partial charge >= 0.3 is 0 Å². The lowest BCUT2D eigenvalue weighted by atomic mass is 9.87. The summed E-state index contributed by atoms with van der Waals surface area (Å²) in [7, 11) is 0. The molecule has 0 saturated carbocycles. The van der Waals surface area contributed by atoms with E-state index in [1.165, 1.54) is 5.56 Å². The van der Waals surface area contributed by atoms with Crippen molar-refractivity contribution in [2.45, 2.75) is 19.3 Å². The fourth-order valence-electron chi connectivity index (χ4n) is 0.973. The van der Waals surface area contributed by atoms with Gasteiger partial charge in [0, 0.05) is 5.75 Å². The van der Waals surface area contributed by atoms with Gasteiger partial charge in [0.15, 0.2) is 0 Å². The Morgan fingerprint density at radius 2 is 1.73 bits per heavy atom. The maximum atomic E-state index is 5.07. The Balaban J connectivity index is 2.93. The maximum Gasteiger partial charge on any atom is 0.0129 e. The van der Waals surface area contributed by atoms with E-state index in [2.05, 4.69) is 38.1 Å². The molecule has 0 bridgehead atoms. The normalized spacial score (nSPS) is 11.5. The molecule has 11 heavy (non-hydrogen) atoms. The Morgan fingerprint density at radius 3 is 2.18 bits per heavy atom. The van der Waals surface area contributed by atoms with E-state index in [0.29, 0.717) is 0 Å². The van der Waals surface area contributed by atoms with Crippen molar-refractivity contribution in [1.82, 2.24) is 0 Å². The van der Waals surface area contributed by atoms with E-state index in [1.807, 2.05) is 6.07 Å².